The van der Waals surface area contributed by atoms with E-state index in [0.717, 1.165) is 25.3 Å². The van der Waals surface area contributed by atoms with Gasteiger partial charge in [-0.15, -0.1) is 0 Å². The van der Waals surface area contributed by atoms with Crippen LogP contribution in [0.25, 0.3) is 0 Å². The monoisotopic (exact) mass is 255 g/mol. The van der Waals surface area contributed by atoms with E-state index in [1.807, 2.05) is 12.4 Å². The predicted molar refractivity (Wildman–Crippen MR) is 71.8 cm³/mol. The van der Waals surface area contributed by atoms with Crippen LogP contribution in [0.5, 0.6) is 0 Å². The highest BCUT2D eigenvalue weighted by atomic mass is 16.5. The molecule has 0 saturated heterocycles. The Morgan fingerprint density at radius 2 is 2.22 bits per heavy atom. The van der Waals surface area contributed by atoms with Crippen molar-refractivity contribution in [3.8, 4) is 0 Å². The molecule has 0 amide bonds. The van der Waals surface area contributed by atoms with Gasteiger partial charge in [-0.3, -0.25) is 0 Å². The number of likely N-dealkylation sites (N-methyl/N-ethyl adjacent to an activating group) is 1. The van der Waals surface area contributed by atoms with E-state index in [0.29, 0.717) is 25.9 Å². The molecule has 1 aromatic heterocycles. The molecule has 0 aliphatic heterocycles. The smallest absolute Gasteiger partial charge is 0.110 e. The van der Waals surface area contributed by atoms with Crippen molar-refractivity contribution >= 4 is 0 Å². The van der Waals surface area contributed by atoms with Crippen LogP contribution in [-0.2, 0) is 22.4 Å². The average Bonchev–Trinajstić information content (AvgIpc) is 2.82. The fourth-order valence-corrected chi connectivity index (χ4v) is 1.88. The lowest BCUT2D eigenvalue weighted by Crippen LogP contribution is -2.36. The van der Waals surface area contributed by atoms with Crippen molar-refractivity contribution < 1.29 is 9.47 Å². The van der Waals surface area contributed by atoms with E-state index in [1.54, 1.807) is 7.11 Å². The molecule has 1 rings (SSSR count). The molecule has 1 atom stereocenters. The van der Waals surface area contributed by atoms with Crippen LogP contribution in [0.15, 0.2) is 12.4 Å². The van der Waals surface area contributed by atoms with E-state index >= 15 is 0 Å². The molecule has 0 bridgehead atoms. The summed E-state index contributed by atoms with van der Waals surface area (Å²) in [4.78, 5) is 4.40. The fraction of sp³-hybridized carbons (Fsp3) is 0.769. The number of aromatic nitrogens is 2. The van der Waals surface area contributed by atoms with Crippen molar-refractivity contribution in [2.75, 3.05) is 33.5 Å². The number of methoxy groups -OCH3 is 1. The van der Waals surface area contributed by atoms with Gasteiger partial charge in [-0.25, -0.2) is 4.98 Å². The molecular formula is C13H25N3O2. The Labute approximate surface area is 109 Å². The molecule has 0 fully saturated rings. The van der Waals surface area contributed by atoms with Gasteiger partial charge >= 0.3 is 0 Å². The molecule has 0 aliphatic rings. The average molecular weight is 255 g/mol. The third-order valence-corrected chi connectivity index (χ3v) is 2.81. The first-order chi connectivity index (χ1) is 8.81. The number of hydrogen-bond donors (Lipinski definition) is 1. The van der Waals surface area contributed by atoms with Crippen LogP contribution in [0.1, 0.15) is 19.7 Å². The van der Waals surface area contributed by atoms with E-state index in [4.69, 9.17) is 9.47 Å². The van der Waals surface area contributed by atoms with E-state index in [2.05, 4.69) is 28.7 Å². The van der Waals surface area contributed by atoms with Crippen LogP contribution < -0.4 is 5.32 Å². The summed E-state index contributed by atoms with van der Waals surface area (Å²) in [6.07, 6.45) is 4.76. The Bertz CT molecular complexity index is 315. The second-order valence-corrected chi connectivity index (χ2v) is 4.16. The maximum atomic E-state index is 5.59. The number of hydrogen-bond acceptors (Lipinski definition) is 4. The molecule has 1 unspecified atom stereocenters. The molecule has 0 aliphatic carbocycles. The Hall–Kier alpha value is -0.910. The summed E-state index contributed by atoms with van der Waals surface area (Å²) in [7, 11) is 1.68. The normalized spacial score (nSPS) is 12.8. The summed E-state index contributed by atoms with van der Waals surface area (Å²) in [5, 5.41) is 3.43. The molecule has 1 N–H and O–H groups in total. The van der Waals surface area contributed by atoms with Crippen molar-refractivity contribution in [3.63, 3.8) is 0 Å². The number of rotatable bonds is 10. The van der Waals surface area contributed by atoms with E-state index < -0.39 is 0 Å². The highest BCUT2D eigenvalue weighted by molar-refractivity contribution is 4.95. The lowest BCUT2D eigenvalue weighted by atomic mass is 10.2. The summed E-state index contributed by atoms with van der Waals surface area (Å²) in [6.45, 7) is 8.09. The van der Waals surface area contributed by atoms with Gasteiger partial charge < -0.3 is 19.4 Å². The SMILES string of the molecule is CCNC(COCCOC)Cc1nccn1CC. The molecule has 18 heavy (non-hydrogen) atoms. The minimum atomic E-state index is 0.305. The zero-order valence-electron chi connectivity index (χ0n) is 11.7. The summed E-state index contributed by atoms with van der Waals surface area (Å²) < 4.78 is 12.7. The van der Waals surface area contributed by atoms with Crippen molar-refractivity contribution in [1.29, 1.82) is 0 Å². The number of aryl methyl sites for hydroxylation is 1. The molecule has 5 heteroatoms. The molecule has 0 aromatic carbocycles. The topological polar surface area (TPSA) is 48.3 Å². The standard InChI is InChI=1S/C13H25N3O2/c1-4-14-12(11-18-9-8-17-3)10-13-15-6-7-16(13)5-2/h6-7,12,14H,4-5,8-11H2,1-3H3. The van der Waals surface area contributed by atoms with Gasteiger partial charge in [0, 0.05) is 38.5 Å². The molecule has 0 saturated carbocycles. The molecule has 104 valence electrons. The van der Waals surface area contributed by atoms with Gasteiger partial charge in [-0.2, -0.15) is 0 Å². The van der Waals surface area contributed by atoms with Crippen molar-refractivity contribution in [1.82, 2.24) is 14.9 Å². The Morgan fingerprint density at radius 3 is 2.89 bits per heavy atom. The van der Waals surface area contributed by atoms with Crippen LogP contribution in [0.3, 0.4) is 0 Å². The Morgan fingerprint density at radius 1 is 1.39 bits per heavy atom. The van der Waals surface area contributed by atoms with Gasteiger partial charge in [0.05, 0.1) is 19.8 Å². The maximum Gasteiger partial charge on any atom is 0.110 e. The Kier molecular flexibility index (Phi) is 7.64. The van der Waals surface area contributed by atoms with Crippen molar-refractivity contribution in [2.45, 2.75) is 32.9 Å². The molecule has 1 heterocycles. The number of imidazole rings is 1. The molecular weight excluding hydrogens is 230 g/mol. The zero-order valence-corrected chi connectivity index (χ0v) is 11.7. The van der Waals surface area contributed by atoms with Gasteiger partial charge in [-0.1, -0.05) is 6.92 Å². The first kappa shape index (κ1) is 15.1. The third kappa shape index (κ3) is 5.16. The first-order valence-electron chi connectivity index (χ1n) is 6.61. The van der Waals surface area contributed by atoms with Crippen LogP contribution in [0, 0.1) is 0 Å². The molecule has 0 radical (unpaired) electrons. The van der Waals surface area contributed by atoms with Crippen LogP contribution in [0.2, 0.25) is 0 Å². The Balaban J connectivity index is 2.41. The number of nitrogens with one attached hydrogen (secondary N) is 1. The van der Waals surface area contributed by atoms with Gasteiger partial charge in [-0.05, 0) is 13.5 Å². The molecule has 1 aromatic rings. The summed E-state index contributed by atoms with van der Waals surface area (Å²) >= 11 is 0. The minimum absolute atomic E-state index is 0.305. The van der Waals surface area contributed by atoms with E-state index in [1.165, 1.54) is 0 Å². The third-order valence-electron chi connectivity index (χ3n) is 2.81. The second kappa shape index (κ2) is 9.08. The van der Waals surface area contributed by atoms with Gasteiger partial charge in [0.15, 0.2) is 0 Å². The zero-order chi connectivity index (χ0) is 13.2. The lowest BCUT2D eigenvalue weighted by molar-refractivity contribution is 0.0586. The maximum absolute atomic E-state index is 5.59. The van der Waals surface area contributed by atoms with Crippen LogP contribution >= 0.6 is 0 Å². The first-order valence-corrected chi connectivity index (χ1v) is 6.61. The van der Waals surface area contributed by atoms with Gasteiger partial charge in [0.2, 0.25) is 0 Å². The predicted octanol–water partition coefficient (Wildman–Crippen LogP) is 1.09. The fourth-order valence-electron chi connectivity index (χ4n) is 1.88. The lowest BCUT2D eigenvalue weighted by Gasteiger charge is -2.18. The largest absolute Gasteiger partial charge is 0.382 e. The minimum Gasteiger partial charge on any atom is -0.382 e. The molecule has 0 spiro atoms. The number of nitrogens with zero attached hydrogens (tertiary/aromatic N) is 2. The number of ether oxygens (including phenoxy) is 2. The highest BCUT2D eigenvalue weighted by Gasteiger charge is 2.12. The highest BCUT2D eigenvalue weighted by Crippen LogP contribution is 2.03. The molecule has 5 nitrogen and oxygen atoms in total. The quantitative estimate of drug-likeness (QED) is 0.636. The van der Waals surface area contributed by atoms with Gasteiger partial charge in [0.1, 0.15) is 5.82 Å². The van der Waals surface area contributed by atoms with Crippen LogP contribution in [-0.4, -0.2) is 49.1 Å². The summed E-state index contributed by atoms with van der Waals surface area (Å²) in [6, 6.07) is 0.305. The van der Waals surface area contributed by atoms with Crippen molar-refractivity contribution in [3.05, 3.63) is 18.2 Å². The second-order valence-electron chi connectivity index (χ2n) is 4.16. The van der Waals surface area contributed by atoms with Crippen molar-refractivity contribution in [2.24, 2.45) is 0 Å². The van der Waals surface area contributed by atoms with E-state index in [9.17, 15) is 0 Å². The van der Waals surface area contributed by atoms with Gasteiger partial charge in [0.25, 0.3) is 0 Å². The van der Waals surface area contributed by atoms with Crippen LogP contribution in [0.4, 0.5) is 0 Å². The summed E-state index contributed by atoms with van der Waals surface area (Å²) in [5.74, 6) is 1.11. The summed E-state index contributed by atoms with van der Waals surface area (Å²) in [5.41, 5.74) is 0. The van der Waals surface area contributed by atoms with E-state index in [-0.39, 0.29) is 0 Å².